The molecule has 2 amide bonds. The maximum atomic E-state index is 13.9. The van der Waals surface area contributed by atoms with Crippen LogP contribution in [0, 0.1) is 25.5 Å². The van der Waals surface area contributed by atoms with Crippen LogP contribution in [0.2, 0.25) is 0 Å². The maximum absolute atomic E-state index is 13.9. The van der Waals surface area contributed by atoms with Crippen LogP contribution in [0.25, 0.3) is 5.57 Å². The average molecular weight is 448 g/mol. The quantitative estimate of drug-likeness (QED) is 0.515. The Morgan fingerprint density at radius 2 is 1.64 bits per heavy atom. The highest BCUT2D eigenvalue weighted by atomic mass is 19.2. The number of hydrogen-bond donors (Lipinski definition) is 1. The summed E-state index contributed by atoms with van der Waals surface area (Å²) >= 11 is 0. The van der Waals surface area contributed by atoms with Gasteiger partial charge in [0.05, 0.1) is 17.9 Å². The lowest BCUT2D eigenvalue weighted by Crippen LogP contribution is -2.32. The number of benzene rings is 3. The first-order chi connectivity index (χ1) is 15.8. The fourth-order valence-corrected chi connectivity index (χ4v) is 3.68. The molecule has 7 heteroatoms. The SMILES string of the molecule is CCOc1ccc(C2=C(Nc3cccc(C)c3C)C(=O)N(c3ccc(F)c(F)c3)C2=O)cc1. The molecular weight excluding hydrogens is 426 g/mol. The summed E-state index contributed by atoms with van der Waals surface area (Å²) in [6.45, 7) is 6.20. The van der Waals surface area contributed by atoms with E-state index >= 15 is 0 Å². The standard InChI is InChI=1S/C26H22F2N2O3/c1-4-33-19-11-8-17(9-12-19)23-24(29-22-7-5-6-15(2)16(22)3)26(32)30(25(23)31)18-10-13-20(27)21(28)14-18/h5-14,29H,4H2,1-3H3. The molecule has 3 aromatic carbocycles. The number of nitrogens with one attached hydrogen (secondary N) is 1. The second kappa shape index (κ2) is 8.86. The zero-order valence-electron chi connectivity index (χ0n) is 18.4. The van der Waals surface area contributed by atoms with Crippen LogP contribution in [0.3, 0.4) is 0 Å². The number of carbonyl (C=O) groups is 2. The number of imide groups is 1. The molecule has 0 unspecified atom stereocenters. The highest BCUT2D eigenvalue weighted by Gasteiger charge is 2.40. The fraction of sp³-hybridized carbons (Fsp3) is 0.154. The van der Waals surface area contributed by atoms with Crippen LogP contribution in [0.4, 0.5) is 20.2 Å². The number of anilines is 2. The summed E-state index contributed by atoms with van der Waals surface area (Å²) in [5, 5.41) is 3.11. The maximum Gasteiger partial charge on any atom is 0.282 e. The van der Waals surface area contributed by atoms with Crippen molar-refractivity contribution >= 4 is 28.8 Å². The van der Waals surface area contributed by atoms with Gasteiger partial charge in [-0.2, -0.15) is 0 Å². The van der Waals surface area contributed by atoms with Crippen molar-refractivity contribution in [1.82, 2.24) is 0 Å². The zero-order chi connectivity index (χ0) is 23.7. The molecule has 0 atom stereocenters. The summed E-state index contributed by atoms with van der Waals surface area (Å²) in [6, 6.07) is 15.3. The van der Waals surface area contributed by atoms with E-state index in [0.717, 1.165) is 28.2 Å². The second-order valence-corrected chi connectivity index (χ2v) is 7.62. The molecule has 1 heterocycles. The Balaban J connectivity index is 1.83. The Labute approximate surface area is 190 Å². The van der Waals surface area contributed by atoms with E-state index in [2.05, 4.69) is 5.32 Å². The second-order valence-electron chi connectivity index (χ2n) is 7.62. The van der Waals surface area contributed by atoms with Crippen LogP contribution < -0.4 is 15.0 Å². The number of rotatable bonds is 6. The van der Waals surface area contributed by atoms with E-state index in [0.29, 0.717) is 23.6 Å². The molecule has 1 aliphatic rings. The summed E-state index contributed by atoms with van der Waals surface area (Å²) < 4.78 is 32.8. The van der Waals surface area contributed by atoms with Gasteiger partial charge >= 0.3 is 0 Å². The van der Waals surface area contributed by atoms with E-state index < -0.39 is 23.4 Å². The molecule has 1 aliphatic heterocycles. The van der Waals surface area contributed by atoms with Crippen molar-refractivity contribution in [3.63, 3.8) is 0 Å². The molecule has 1 N–H and O–H groups in total. The van der Waals surface area contributed by atoms with Crippen LogP contribution in [0.1, 0.15) is 23.6 Å². The summed E-state index contributed by atoms with van der Waals surface area (Å²) in [6.07, 6.45) is 0. The van der Waals surface area contributed by atoms with Crippen LogP contribution in [0.15, 0.2) is 66.4 Å². The molecule has 0 aliphatic carbocycles. The van der Waals surface area contributed by atoms with E-state index in [1.165, 1.54) is 6.07 Å². The van der Waals surface area contributed by atoms with E-state index in [4.69, 9.17) is 4.74 Å². The van der Waals surface area contributed by atoms with Crippen molar-refractivity contribution in [3.8, 4) is 5.75 Å². The first-order valence-electron chi connectivity index (χ1n) is 10.5. The first-order valence-corrected chi connectivity index (χ1v) is 10.5. The molecule has 33 heavy (non-hydrogen) atoms. The normalized spacial score (nSPS) is 13.7. The Morgan fingerprint density at radius 1 is 0.909 bits per heavy atom. The topological polar surface area (TPSA) is 58.6 Å². The average Bonchev–Trinajstić information content (AvgIpc) is 3.03. The fourth-order valence-electron chi connectivity index (χ4n) is 3.68. The summed E-state index contributed by atoms with van der Waals surface area (Å²) in [5.41, 5.74) is 3.23. The van der Waals surface area contributed by atoms with Crippen molar-refractivity contribution in [2.75, 3.05) is 16.8 Å². The monoisotopic (exact) mass is 448 g/mol. The Morgan fingerprint density at radius 3 is 2.30 bits per heavy atom. The Kier molecular flexibility index (Phi) is 5.96. The molecule has 0 bridgehead atoms. The van der Waals surface area contributed by atoms with Crippen molar-refractivity contribution in [1.29, 1.82) is 0 Å². The number of amides is 2. The van der Waals surface area contributed by atoms with Crippen molar-refractivity contribution < 1.29 is 23.1 Å². The predicted octanol–water partition coefficient (Wildman–Crippen LogP) is 5.38. The first kappa shape index (κ1) is 22.2. The Hall–Kier alpha value is -4.00. The molecule has 0 saturated heterocycles. The molecule has 0 fully saturated rings. The van der Waals surface area contributed by atoms with Gasteiger partial charge in [0.25, 0.3) is 11.8 Å². The number of ether oxygens (including phenoxy) is 1. The summed E-state index contributed by atoms with van der Waals surface area (Å²) in [4.78, 5) is 27.7. The van der Waals surface area contributed by atoms with Gasteiger partial charge < -0.3 is 10.1 Å². The molecule has 4 rings (SSSR count). The lowest BCUT2D eigenvalue weighted by Gasteiger charge is -2.16. The van der Waals surface area contributed by atoms with Gasteiger partial charge in [-0.25, -0.2) is 13.7 Å². The lowest BCUT2D eigenvalue weighted by atomic mass is 10.0. The number of nitrogens with zero attached hydrogens (tertiary/aromatic N) is 1. The number of aryl methyl sites for hydroxylation is 1. The minimum atomic E-state index is -1.15. The van der Waals surface area contributed by atoms with Crippen molar-refractivity contribution in [2.45, 2.75) is 20.8 Å². The third-order valence-corrected chi connectivity index (χ3v) is 5.56. The van der Waals surface area contributed by atoms with Gasteiger partial charge in [0.1, 0.15) is 11.4 Å². The molecule has 0 spiro atoms. The predicted molar refractivity (Wildman–Crippen MR) is 123 cm³/mol. The minimum absolute atomic E-state index is 0.0508. The molecule has 0 saturated carbocycles. The summed E-state index contributed by atoms with van der Waals surface area (Å²) in [5.74, 6) is -2.88. The minimum Gasteiger partial charge on any atom is -0.494 e. The van der Waals surface area contributed by atoms with Gasteiger partial charge in [-0.15, -0.1) is 0 Å². The number of carbonyl (C=O) groups excluding carboxylic acids is 2. The van der Waals surface area contributed by atoms with E-state index in [-0.39, 0.29) is 17.0 Å². The molecule has 3 aromatic rings. The van der Waals surface area contributed by atoms with E-state index in [9.17, 15) is 18.4 Å². The molecule has 168 valence electrons. The Bertz CT molecular complexity index is 1280. The highest BCUT2D eigenvalue weighted by Crippen LogP contribution is 2.35. The summed E-state index contributed by atoms with van der Waals surface area (Å²) in [7, 11) is 0. The largest absolute Gasteiger partial charge is 0.494 e. The molecule has 0 radical (unpaired) electrons. The van der Waals surface area contributed by atoms with Gasteiger partial charge in [-0.3, -0.25) is 9.59 Å². The van der Waals surface area contributed by atoms with Crippen molar-refractivity contribution in [2.24, 2.45) is 0 Å². The third-order valence-electron chi connectivity index (χ3n) is 5.56. The number of halogens is 2. The van der Waals surface area contributed by atoms with Gasteiger partial charge in [0.15, 0.2) is 11.6 Å². The highest BCUT2D eigenvalue weighted by molar-refractivity contribution is 6.46. The van der Waals surface area contributed by atoms with Crippen molar-refractivity contribution in [3.05, 3.63) is 94.7 Å². The van der Waals surface area contributed by atoms with Crippen LogP contribution in [0.5, 0.6) is 5.75 Å². The molecule has 0 aromatic heterocycles. The number of hydrogen-bond acceptors (Lipinski definition) is 4. The van der Waals surface area contributed by atoms with Gasteiger partial charge in [0.2, 0.25) is 0 Å². The van der Waals surface area contributed by atoms with Gasteiger partial charge in [-0.05, 0) is 67.8 Å². The van der Waals surface area contributed by atoms with Crippen LogP contribution in [-0.4, -0.2) is 18.4 Å². The van der Waals surface area contributed by atoms with E-state index in [1.807, 2.05) is 39.0 Å². The third kappa shape index (κ3) is 4.09. The van der Waals surface area contributed by atoms with Gasteiger partial charge in [-0.1, -0.05) is 24.3 Å². The smallest absolute Gasteiger partial charge is 0.282 e. The van der Waals surface area contributed by atoms with Crippen LogP contribution >= 0.6 is 0 Å². The molecule has 5 nitrogen and oxygen atoms in total. The van der Waals surface area contributed by atoms with E-state index in [1.54, 1.807) is 24.3 Å². The lowest BCUT2D eigenvalue weighted by molar-refractivity contribution is -0.120. The van der Waals surface area contributed by atoms with Gasteiger partial charge in [0, 0.05) is 11.8 Å². The molecular formula is C26H22F2N2O3. The zero-order valence-corrected chi connectivity index (χ0v) is 18.4. The van der Waals surface area contributed by atoms with Crippen LogP contribution in [-0.2, 0) is 9.59 Å².